The third-order valence-electron chi connectivity index (χ3n) is 5.63. The van der Waals surface area contributed by atoms with Gasteiger partial charge in [0.05, 0.1) is 0 Å². The summed E-state index contributed by atoms with van der Waals surface area (Å²) in [7, 11) is 0. The van der Waals surface area contributed by atoms with Crippen molar-refractivity contribution in [2.75, 3.05) is 6.54 Å². The molecule has 28 heavy (non-hydrogen) atoms. The summed E-state index contributed by atoms with van der Waals surface area (Å²) in [5, 5.41) is 3.01. The molecular formula is C26H51NO. The molecule has 1 amide bonds. The molecular weight excluding hydrogens is 342 g/mol. The highest BCUT2D eigenvalue weighted by Crippen LogP contribution is 2.14. The van der Waals surface area contributed by atoms with E-state index in [1.165, 1.54) is 109 Å². The van der Waals surface area contributed by atoms with Crippen molar-refractivity contribution in [1.82, 2.24) is 5.32 Å². The fourth-order valence-electron chi connectivity index (χ4n) is 3.67. The van der Waals surface area contributed by atoms with Gasteiger partial charge in [-0.25, -0.2) is 0 Å². The summed E-state index contributed by atoms with van der Waals surface area (Å²) in [4.78, 5) is 11.6. The number of nitrogens with one attached hydrogen (secondary N) is 1. The first-order chi connectivity index (χ1) is 13.7. The number of carbonyl (C=O) groups is 1. The van der Waals surface area contributed by atoms with Gasteiger partial charge in [-0.05, 0) is 19.8 Å². The van der Waals surface area contributed by atoms with E-state index < -0.39 is 0 Å². The lowest BCUT2D eigenvalue weighted by Gasteiger charge is -2.05. The van der Waals surface area contributed by atoms with E-state index in [4.69, 9.17) is 0 Å². The Balaban J connectivity index is 3.08. The fourth-order valence-corrected chi connectivity index (χ4v) is 3.67. The molecule has 2 nitrogen and oxygen atoms in total. The second kappa shape index (κ2) is 22.5. The summed E-state index contributed by atoms with van der Waals surface area (Å²) in [5.74, 6) is 0.176. The summed E-state index contributed by atoms with van der Waals surface area (Å²) in [6.45, 7) is 8.94. The Morgan fingerprint density at radius 1 is 0.607 bits per heavy atom. The number of unbranched alkanes of at least 4 members (excludes halogenated alkanes) is 17. The van der Waals surface area contributed by atoms with Gasteiger partial charge in [0, 0.05) is 13.0 Å². The third kappa shape index (κ3) is 23.2. The number of carbonyl (C=O) groups excluding carboxylic acids is 1. The largest absolute Gasteiger partial charge is 0.356 e. The predicted octanol–water partition coefficient (Wildman–Crippen LogP) is 8.50. The van der Waals surface area contributed by atoms with Gasteiger partial charge in [0.2, 0.25) is 5.91 Å². The van der Waals surface area contributed by atoms with E-state index in [2.05, 4.69) is 18.8 Å². The van der Waals surface area contributed by atoms with Gasteiger partial charge < -0.3 is 5.32 Å². The zero-order valence-electron chi connectivity index (χ0n) is 19.5. The molecule has 0 heterocycles. The normalized spacial score (nSPS) is 10.9. The highest BCUT2D eigenvalue weighted by atomic mass is 16.1. The molecule has 2 heteroatoms. The van der Waals surface area contributed by atoms with Crippen LogP contribution in [0.15, 0.2) is 12.2 Å². The van der Waals surface area contributed by atoms with Crippen molar-refractivity contribution >= 4 is 5.91 Å². The highest BCUT2D eigenvalue weighted by molar-refractivity contribution is 5.76. The van der Waals surface area contributed by atoms with E-state index in [0.29, 0.717) is 6.42 Å². The van der Waals surface area contributed by atoms with E-state index in [0.717, 1.165) is 25.0 Å². The molecule has 0 radical (unpaired) electrons. The van der Waals surface area contributed by atoms with Gasteiger partial charge >= 0.3 is 0 Å². The van der Waals surface area contributed by atoms with Gasteiger partial charge in [-0.2, -0.15) is 0 Å². The van der Waals surface area contributed by atoms with Crippen molar-refractivity contribution in [3.8, 4) is 0 Å². The van der Waals surface area contributed by atoms with E-state index in [-0.39, 0.29) is 5.91 Å². The SMILES string of the molecule is C=C(C)CCC(=O)NCCCCCCCCCCCCCCCCCCCC. The molecule has 0 bridgehead atoms. The fraction of sp³-hybridized carbons (Fsp3) is 0.885. The quantitative estimate of drug-likeness (QED) is 0.145. The van der Waals surface area contributed by atoms with Crippen LogP contribution in [0.3, 0.4) is 0 Å². The highest BCUT2D eigenvalue weighted by Gasteiger charge is 2.00. The monoisotopic (exact) mass is 393 g/mol. The smallest absolute Gasteiger partial charge is 0.220 e. The molecule has 0 aliphatic heterocycles. The van der Waals surface area contributed by atoms with Crippen molar-refractivity contribution in [1.29, 1.82) is 0 Å². The van der Waals surface area contributed by atoms with Crippen molar-refractivity contribution in [2.24, 2.45) is 0 Å². The van der Waals surface area contributed by atoms with Gasteiger partial charge in [0.25, 0.3) is 0 Å². The second-order valence-electron chi connectivity index (χ2n) is 8.82. The number of amides is 1. The van der Waals surface area contributed by atoms with Crippen molar-refractivity contribution in [3.05, 3.63) is 12.2 Å². The van der Waals surface area contributed by atoms with Crippen LogP contribution in [0.4, 0.5) is 0 Å². The summed E-state index contributed by atoms with van der Waals surface area (Å²) in [6, 6.07) is 0. The first-order valence-electron chi connectivity index (χ1n) is 12.6. The van der Waals surface area contributed by atoms with E-state index in [1.807, 2.05) is 6.92 Å². The maximum absolute atomic E-state index is 11.6. The van der Waals surface area contributed by atoms with E-state index in [9.17, 15) is 4.79 Å². The average molecular weight is 394 g/mol. The molecule has 166 valence electrons. The lowest BCUT2D eigenvalue weighted by atomic mass is 10.0. The molecule has 0 aliphatic carbocycles. The van der Waals surface area contributed by atoms with Gasteiger partial charge in [-0.1, -0.05) is 122 Å². The molecule has 0 aromatic carbocycles. The van der Waals surface area contributed by atoms with E-state index in [1.54, 1.807) is 0 Å². The predicted molar refractivity (Wildman–Crippen MR) is 126 cm³/mol. The molecule has 0 spiro atoms. The standard InChI is InChI=1S/C26H51NO/c1-4-5-6-7-8-9-10-11-12-13-14-15-16-17-18-19-20-21-24-27-26(28)23-22-25(2)3/h2,4-24H2,1,3H3,(H,27,28). The molecule has 0 unspecified atom stereocenters. The number of allylic oxidation sites excluding steroid dienone is 1. The van der Waals surface area contributed by atoms with Crippen LogP contribution in [0.2, 0.25) is 0 Å². The Labute approximate surface area is 177 Å². The molecule has 1 N–H and O–H groups in total. The van der Waals surface area contributed by atoms with E-state index >= 15 is 0 Å². The van der Waals surface area contributed by atoms with Gasteiger partial charge in [0.15, 0.2) is 0 Å². The van der Waals surface area contributed by atoms with Crippen LogP contribution in [-0.4, -0.2) is 12.5 Å². The Hall–Kier alpha value is -0.790. The minimum absolute atomic E-state index is 0.176. The zero-order chi connectivity index (χ0) is 20.7. The summed E-state index contributed by atoms with van der Waals surface area (Å²) >= 11 is 0. The van der Waals surface area contributed by atoms with Crippen LogP contribution in [0.5, 0.6) is 0 Å². The van der Waals surface area contributed by atoms with Crippen LogP contribution in [0, 0.1) is 0 Å². The molecule has 0 aromatic heterocycles. The summed E-state index contributed by atoms with van der Waals surface area (Å²) in [6.07, 6.45) is 26.5. The summed E-state index contributed by atoms with van der Waals surface area (Å²) < 4.78 is 0. The van der Waals surface area contributed by atoms with Crippen LogP contribution < -0.4 is 5.32 Å². The number of rotatable bonds is 22. The Morgan fingerprint density at radius 2 is 0.964 bits per heavy atom. The molecule has 0 atom stereocenters. The first kappa shape index (κ1) is 27.2. The molecule has 0 saturated heterocycles. The van der Waals surface area contributed by atoms with Crippen LogP contribution in [0.25, 0.3) is 0 Å². The first-order valence-corrected chi connectivity index (χ1v) is 12.6. The van der Waals surface area contributed by atoms with Crippen LogP contribution >= 0.6 is 0 Å². The molecule has 0 aromatic rings. The number of hydrogen-bond donors (Lipinski definition) is 1. The zero-order valence-corrected chi connectivity index (χ0v) is 19.5. The molecule has 0 saturated carbocycles. The van der Waals surface area contributed by atoms with Crippen molar-refractivity contribution in [3.63, 3.8) is 0 Å². The summed E-state index contributed by atoms with van der Waals surface area (Å²) in [5.41, 5.74) is 1.09. The maximum atomic E-state index is 11.6. The van der Waals surface area contributed by atoms with Crippen molar-refractivity contribution < 1.29 is 4.79 Å². The second-order valence-corrected chi connectivity index (χ2v) is 8.82. The number of hydrogen-bond acceptors (Lipinski definition) is 1. The van der Waals surface area contributed by atoms with Gasteiger partial charge in [-0.15, -0.1) is 6.58 Å². The average Bonchev–Trinajstić information content (AvgIpc) is 2.68. The third-order valence-corrected chi connectivity index (χ3v) is 5.63. The molecule has 0 rings (SSSR count). The lowest BCUT2D eigenvalue weighted by Crippen LogP contribution is -2.24. The van der Waals surface area contributed by atoms with Gasteiger partial charge in [0.1, 0.15) is 0 Å². The maximum Gasteiger partial charge on any atom is 0.220 e. The lowest BCUT2D eigenvalue weighted by molar-refractivity contribution is -0.121. The van der Waals surface area contributed by atoms with Gasteiger partial charge in [-0.3, -0.25) is 4.79 Å². The van der Waals surface area contributed by atoms with Crippen LogP contribution in [0.1, 0.15) is 142 Å². The topological polar surface area (TPSA) is 29.1 Å². The van der Waals surface area contributed by atoms with Crippen molar-refractivity contribution in [2.45, 2.75) is 142 Å². The minimum Gasteiger partial charge on any atom is -0.356 e. The molecule has 0 aliphatic rings. The Bertz CT molecular complexity index is 350. The molecule has 0 fully saturated rings. The van der Waals surface area contributed by atoms with Crippen LogP contribution in [-0.2, 0) is 4.79 Å². The Kier molecular flexibility index (Phi) is 21.9. The minimum atomic E-state index is 0.176. The Morgan fingerprint density at radius 3 is 1.32 bits per heavy atom.